The molecular weight excluding hydrogens is 152 g/mol. The number of rotatable bonds is 3. The molecule has 0 aromatic carbocycles. The largest absolute Gasteiger partial charge is 0.466 e. The van der Waals surface area contributed by atoms with E-state index in [0.717, 1.165) is 12.0 Å². The van der Waals surface area contributed by atoms with Crippen molar-refractivity contribution in [2.45, 2.75) is 27.2 Å². The summed E-state index contributed by atoms with van der Waals surface area (Å²) in [4.78, 5) is 11.3. The van der Waals surface area contributed by atoms with Crippen LogP contribution >= 0.6 is 0 Å². The summed E-state index contributed by atoms with van der Waals surface area (Å²) in [5.41, 5.74) is 1.10. The van der Waals surface area contributed by atoms with Crippen LogP contribution in [0.5, 0.6) is 0 Å². The molecule has 1 rings (SSSR count). The van der Waals surface area contributed by atoms with Crippen LogP contribution in [0.4, 0.5) is 0 Å². The Bertz CT molecular complexity index is 220. The fraction of sp³-hybridized carbons (Fsp3) is 0.700. The molecule has 1 aliphatic carbocycles. The van der Waals surface area contributed by atoms with E-state index < -0.39 is 0 Å². The highest BCUT2D eigenvalue weighted by Crippen LogP contribution is 2.57. The molecule has 0 unspecified atom stereocenters. The second-order valence-corrected chi connectivity index (χ2v) is 3.71. The van der Waals surface area contributed by atoms with E-state index in [-0.39, 0.29) is 17.3 Å². The van der Waals surface area contributed by atoms with Gasteiger partial charge in [0.15, 0.2) is 0 Å². The van der Waals surface area contributed by atoms with Crippen molar-refractivity contribution in [2.24, 2.45) is 11.3 Å². The second kappa shape index (κ2) is 2.92. The van der Waals surface area contributed by atoms with E-state index in [0.29, 0.717) is 6.61 Å². The van der Waals surface area contributed by atoms with E-state index in [1.807, 2.05) is 13.8 Å². The average molecular weight is 168 g/mol. The van der Waals surface area contributed by atoms with Crippen LogP contribution in [0.25, 0.3) is 0 Å². The molecule has 0 bridgehead atoms. The van der Waals surface area contributed by atoms with Crippen molar-refractivity contribution < 1.29 is 9.53 Å². The molecule has 1 fully saturated rings. The standard InChI is InChI=1S/C10H16O2/c1-5-12-9(11)8-6-10(8,4)7(2)3/h8H,2,5-6H2,1,3-4H3/t8-,10-/m1/s1. The van der Waals surface area contributed by atoms with Gasteiger partial charge >= 0.3 is 5.97 Å². The molecule has 2 atom stereocenters. The fourth-order valence-corrected chi connectivity index (χ4v) is 1.42. The first kappa shape index (κ1) is 9.30. The first-order valence-corrected chi connectivity index (χ1v) is 4.35. The van der Waals surface area contributed by atoms with Crippen molar-refractivity contribution >= 4 is 5.97 Å². The lowest BCUT2D eigenvalue weighted by Gasteiger charge is -2.09. The summed E-state index contributed by atoms with van der Waals surface area (Å²) in [6, 6.07) is 0. The van der Waals surface area contributed by atoms with Gasteiger partial charge < -0.3 is 4.74 Å². The molecule has 12 heavy (non-hydrogen) atoms. The number of esters is 1. The number of carbonyl (C=O) groups excluding carboxylic acids is 1. The van der Waals surface area contributed by atoms with Gasteiger partial charge in [0.25, 0.3) is 0 Å². The van der Waals surface area contributed by atoms with Gasteiger partial charge in [-0.05, 0) is 20.3 Å². The number of hydrogen-bond donors (Lipinski definition) is 0. The highest BCUT2D eigenvalue weighted by Gasteiger charge is 2.55. The van der Waals surface area contributed by atoms with Gasteiger partial charge in [0.05, 0.1) is 12.5 Å². The van der Waals surface area contributed by atoms with Crippen LogP contribution in [0.1, 0.15) is 27.2 Å². The van der Waals surface area contributed by atoms with Crippen LogP contribution in [0.3, 0.4) is 0 Å². The summed E-state index contributed by atoms with van der Waals surface area (Å²) in [6.45, 7) is 10.2. The Balaban J connectivity index is 2.51. The number of allylic oxidation sites excluding steroid dienone is 1. The van der Waals surface area contributed by atoms with Crippen LogP contribution in [-0.4, -0.2) is 12.6 Å². The van der Waals surface area contributed by atoms with Gasteiger partial charge in [-0.1, -0.05) is 19.1 Å². The summed E-state index contributed by atoms with van der Waals surface area (Å²) in [5.74, 6) is -0.00190. The van der Waals surface area contributed by atoms with E-state index in [2.05, 4.69) is 13.5 Å². The third kappa shape index (κ3) is 1.38. The Morgan fingerprint density at radius 2 is 2.33 bits per heavy atom. The molecule has 1 saturated carbocycles. The Hall–Kier alpha value is -0.790. The minimum absolute atomic E-state index is 0.0201. The number of ether oxygens (including phenoxy) is 1. The molecule has 2 heteroatoms. The van der Waals surface area contributed by atoms with Gasteiger partial charge in [-0.3, -0.25) is 4.79 Å². The first-order valence-electron chi connectivity index (χ1n) is 4.35. The minimum Gasteiger partial charge on any atom is -0.466 e. The van der Waals surface area contributed by atoms with Gasteiger partial charge in [-0.15, -0.1) is 0 Å². The van der Waals surface area contributed by atoms with Gasteiger partial charge in [-0.2, -0.15) is 0 Å². The predicted molar refractivity (Wildman–Crippen MR) is 47.7 cm³/mol. The molecule has 2 nitrogen and oxygen atoms in total. The third-order valence-electron chi connectivity index (χ3n) is 2.78. The number of hydrogen-bond acceptors (Lipinski definition) is 2. The highest BCUT2D eigenvalue weighted by atomic mass is 16.5. The minimum atomic E-state index is -0.0667. The molecule has 0 heterocycles. The van der Waals surface area contributed by atoms with Crippen molar-refractivity contribution in [2.75, 3.05) is 6.61 Å². The molecule has 0 aromatic heterocycles. The summed E-state index contributed by atoms with van der Waals surface area (Å²) >= 11 is 0. The normalized spacial score (nSPS) is 32.8. The molecular formula is C10H16O2. The van der Waals surface area contributed by atoms with Crippen LogP contribution < -0.4 is 0 Å². The fourth-order valence-electron chi connectivity index (χ4n) is 1.42. The molecule has 0 N–H and O–H groups in total. The monoisotopic (exact) mass is 168 g/mol. The first-order chi connectivity index (χ1) is 5.52. The Labute approximate surface area is 73.6 Å². The highest BCUT2D eigenvalue weighted by molar-refractivity contribution is 5.77. The van der Waals surface area contributed by atoms with E-state index >= 15 is 0 Å². The number of carbonyl (C=O) groups is 1. The molecule has 68 valence electrons. The zero-order valence-corrected chi connectivity index (χ0v) is 8.02. The third-order valence-corrected chi connectivity index (χ3v) is 2.78. The molecule has 0 aliphatic heterocycles. The quantitative estimate of drug-likeness (QED) is 0.477. The van der Waals surface area contributed by atoms with Crippen LogP contribution in [0, 0.1) is 11.3 Å². The summed E-state index contributed by atoms with van der Waals surface area (Å²) in [7, 11) is 0. The van der Waals surface area contributed by atoms with Crippen LogP contribution in [0.2, 0.25) is 0 Å². The lowest BCUT2D eigenvalue weighted by atomic mass is 9.98. The maximum absolute atomic E-state index is 11.3. The van der Waals surface area contributed by atoms with Crippen molar-refractivity contribution in [3.05, 3.63) is 12.2 Å². The Kier molecular flexibility index (Phi) is 2.27. The summed E-state index contributed by atoms with van der Waals surface area (Å²) in [6.07, 6.45) is 0.904. The lowest BCUT2D eigenvalue weighted by molar-refractivity contribution is -0.145. The van der Waals surface area contributed by atoms with Gasteiger partial charge in [0.2, 0.25) is 0 Å². The second-order valence-electron chi connectivity index (χ2n) is 3.71. The summed E-state index contributed by atoms with van der Waals surface area (Å²) in [5, 5.41) is 0. The summed E-state index contributed by atoms with van der Waals surface area (Å²) < 4.78 is 4.93. The van der Waals surface area contributed by atoms with Crippen molar-refractivity contribution in [1.82, 2.24) is 0 Å². The lowest BCUT2D eigenvalue weighted by Crippen LogP contribution is -2.12. The molecule has 1 aliphatic rings. The Morgan fingerprint density at radius 1 is 1.75 bits per heavy atom. The van der Waals surface area contributed by atoms with Crippen LogP contribution in [0.15, 0.2) is 12.2 Å². The zero-order valence-electron chi connectivity index (χ0n) is 8.02. The van der Waals surface area contributed by atoms with Gasteiger partial charge in [0.1, 0.15) is 0 Å². The van der Waals surface area contributed by atoms with E-state index in [1.165, 1.54) is 0 Å². The molecule has 0 spiro atoms. The maximum atomic E-state index is 11.3. The molecule has 0 saturated heterocycles. The van der Waals surface area contributed by atoms with Gasteiger partial charge in [-0.25, -0.2) is 0 Å². The molecule has 0 radical (unpaired) electrons. The van der Waals surface area contributed by atoms with E-state index in [9.17, 15) is 4.79 Å². The van der Waals surface area contributed by atoms with Crippen molar-refractivity contribution in [1.29, 1.82) is 0 Å². The SMILES string of the molecule is C=C(C)[C@@]1(C)C[C@@H]1C(=O)OCC. The Morgan fingerprint density at radius 3 is 2.67 bits per heavy atom. The molecule has 0 aromatic rings. The molecule has 0 amide bonds. The smallest absolute Gasteiger partial charge is 0.309 e. The average Bonchev–Trinajstić information content (AvgIpc) is 2.65. The van der Waals surface area contributed by atoms with Crippen molar-refractivity contribution in [3.63, 3.8) is 0 Å². The zero-order chi connectivity index (χ0) is 9.35. The van der Waals surface area contributed by atoms with E-state index in [4.69, 9.17) is 4.74 Å². The topological polar surface area (TPSA) is 26.3 Å². The van der Waals surface area contributed by atoms with E-state index in [1.54, 1.807) is 0 Å². The van der Waals surface area contributed by atoms with Crippen molar-refractivity contribution in [3.8, 4) is 0 Å². The maximum Gasteiger partial charge on any atom is 0.309 e. The predicted octanol–water partition coefficient (Wildman–Crippen LogP) is 2.15. The van der Waals surface area contributed by atoms with Crippen LogP contribution in [-0.2, 0) is 9.53 Å². The van der Waals surface area contributed by atoms with Gasteiger partial charge in [0, 0.05) is 5.41 Å².